The van der Waals surface area contributed by atoms with E-state index in [1.54, 1.807) is 0 Å². The van der Waals surface area contributed by atoms with Crippen LogP contribution >= 0.6 is 0 Å². The van der Waals surface area contributed by atoms with Gasteiger partial charge in [0.25, 0.3) is 0 Å². The van der Waals surface area contributed by atoms with Crippen molar-refractivity contribution in [3.63, 3.8) is 0 Å². The zero-order valence-electron chi connectivity index (χ0n) is 57.0. The maximum atomic E-state index is 5.07. The van der Waals surface area contributed by atoms with Gasteiger partial charge in [-0.25, -0.2) is 29.9 Å². The zero-order valence-corrected chi connectivity index (χ0v) is 57.0. The summed E-state index contributed by atoms with van der Waals surface area (Å²) in [5.41, 5.74) is 22.3. The highest BCUT2D eigenvalue weighted by atomic mass is 15.1. The van der Waals surface area contributed by atoms with Gasteiger partial charge in [-0.1, -0.05) is 273 Å². The molecule has 0 bridgehead atoms. The Morgan fingerprint density at radius 1 is 0.170 bits per heavy atom. The van der Waals surface area contributed by atoms with E-state index in [2.05, 4.69) is 248 Å². The third-order valence-corrected chi connectivity index (χ3v) is 21.3. The molecule has 492 valence electrons. The van der Waals surface area contributed by atoms with Crippen LogP contribution in [0.2, 0.25) is 0 Å². The highest BCUT2D eigenvalue weighted by Crippen LogP contribution is 2.50. The first kappa shape index (κ1) is 59.2. The molecule has 0 aliphatic rings. The van der Waals surface area contributed by atoms with E-state index in [1.807, 2.05) is 121 Å². The van der Waals surface area contributed by atoms with E-state index in [0.29, 0.717) is 34.9 Å². The van der Waals surface area contributed by atoms with E-state index >= 15 is 0 Å². The van der Waals surface area contributed by atoms with E-state index in [4.69, 9.17) is 29.9 Å². The van der Waals surface area contributed by atoms with Gasteiger partial charge in [-0.3, -0.25) is 0 Å². The molecule has 15 aromatic carbocycles. The molecule has 0 atom stereocenters. The molecule has 10 heteroatoms. The fraction of sp³-hybridized carbons (Fsp3) is 0. The number of para-hydroxylation sites is 6. The molecule has 0 spiro atoms. The van der Waals surface area contributed by atoms with Crippen LogP contribution in [0, 0.1) is 0 Å². The summed E-state index contributed by atoms with van der Waals surface area (Å²) in [6.07, 6.45) is 0. The Balaban J connectivity index is 0.000000133. The van der Waals surface area contributed by atoms with Crippen molar-refractivity contribution in [1.82, 2.24) is 47.8 Å². The minimum absolute atomic E-state index is 0.637. The van der Waals surface area contributed by atoms with Gasteiger partial charge in [0.05, 0.1) is 55.2 Å². The van der Waals surface area contributed by atoms with Crippen LogP contribution in [0.1, 0.15) is 0 Å². The standard InChI is InChI=1S/C51H31N5.C45H27N5/c1-4-16-32(17-5-1)49-52-50(33-18-6-2-7-19-33)54-51(53-49)35-21-14-20-34(30-35)37-26-15-29-44-45(37)41-31-40-38-24-10-12-27-42(38)56-43-28-13-11-25-39(43)46(47(40)56)48(41)55(44)36-22-8-3-9-23-36;1-4-14-28(15-5-1)43-46-44(29-16-6-2-7-17-29)48-45(47-43)30-24-25-33-36-27-35-32-20-10-12-22-37(32)50-38-23-13-11-21-34(38)40(42(35)50)41(36)49(39(33)26-30)31-18-8-3-9-19-31/h1-31H;1-27H. The molecule has 0 N–H and O–H groups in total. The Kier molecular flexibility index (Phi) is 13.2. The maximum Gasteiger partial charge on any atom is 0.164 e. The fourth-order valence-corrected chi connectivity index (χ4v) is 16.8. The van der Waals surface area contributed by atoms with Crippen molar-refractivity contribution in [1.29, 1.82) is 0 Å². The molecule has 23 aromatic rings. The third kappa shape index (κ3) is 9.04. The predicted octanol–water partition coefficient (Wildman–Crippen LogP) is 23.9. The average Bonchev–Trinajstić information content (AvgIpc) is 1.52. The highest BCUT2D eigenvalue weighted by Gasteiger charge is 2.28. The number of aromatic nitrogens is 10. The zero-order chi connectivity index (χ0) is 69.5. The molecule has 23 rings (SSSR count). The smallest absolute Gasteiger partial charge is 0.164 e. The topological polar surface area (TPSA) is 96.0 Å². The van der Waals surface area contributed by atoms with Crippen molar-refractivity contribution < 1.29 is 0 Å². The Morgan fingerprint density at radius 3 is 0.943 bits per heavy atom. The second kappa shape index (κ2) is 23.5. The fourth-order valence-electron chi connectivity index (χ4n) is 16.8. The lowest BCUT2D eigenvalue weighted by Gasteiger charge is -2.11. The molecule has 0 radical (unpaired) electrons. The van der Waals surface area contributed by atoms with E-state index in [1.165, 1.54) is 109 Å². The summed E-state index contributed by atoms with van der Waals surface area (Å²) < 4.78 is 9.83. The lowest BCUT2D eigenvalue weighted by atomic mass is 9.96. The van der Waals surface area contributed by atoms with Crippen LogP contribution < -0.4 is 0 Å². The lowest BCUT2D eigenvalue weighted by molar-refractivity contribution is 1.07. The van der Waals surface area contributed by atoms with Crippen molar-refractivity contribution in [2.24, 2.45) is 0 Å². The summed E-state index contributed by atoms with van der Waals surface area (Å²) >= 11 is 0. The van der Waals surface area contributed by atoms with Crippen LogP contribution in [0.15, 0.2) is 352 Å². The third-order valence-electron chi connectivity index (χ3n) is 21.3. The van der Waals surface area contributed by atoms with Gasteiger partial charge >= 0.3 is 0 Å². The lowest BCUT2D eigenvalue weighted by Crippen LogP contribution is -2.00. The molecular formula is C96H58N10. The summed E-state index contributed by atoms with van der Waals surface area (Å²) in [5.74, 6) is 3.87. The summed E-state index contributed by atoms with van der Waals surface area (Å²) in [5, 5.41) is 15.0. The normalized spacial score (nSPS) is 12.0. The predicted molar refractivity (Wildman–Crippen MR) is 436 cm³/mol. The van der Waals surface area contributed by atoms with Gasteiger partial charge in [0.15, 0.2) is 34.9 Å². The number of hydrogen-bond acceptors (Lipinski definition) is 6. The Bertz CT molecular complexity index is 7300. The molecule has 0 unspecified atom stereocenters. The van der Waals surface area contributed by atoms with Crippen LogP contribution in [-0.2, 0) is 0 Å². The van der Waals surface area contributed by atoms with Crippen molar-refractivity contribution in [3.8, 4) is 90.8 Å². The number of rotatable bonds is 9. The Morgan fingerprint density at radius 2 is 0.481 bits per heavy atom. The van der Waals surface area contributed by atoms with Gasteiger partial charge in [-0.2, -0.15) is 0 Å². The van der Waals surface area contributed by atoms with Crippen molar-refractivity contribution in [2.75, 3.05) is 0 Å². The van der Waals surface area contributed by atoms with Crippen LogP contribution in [-0.4, -0.2) is 47.8 Å². The van der Waals surface area contributed by atoms with Gasteiger partial charge in [0.2, 0.25) is 0 Å². The van der Waals surface area contributed by atoms with Gasteiger partial charge in [-0.05, 0) is 90.0 Å². The number of benzene rings is 15. The van der Waals surface area contributed by atoms with Crippen molar-refractivity contribution in [2.45, 2.75) is 0 Å². The summed E-state index contributed by atoms with van der Waals surface area (Å²) in [4.78, 5) is 30.1. The van der Waals surface area contributed by atoms with E-state index in [9.17, 15) is 0 Å². The molecule has 10 nitrogen and oxygen atoms in total. The molecular weight excluding hydrogens is 1290 g/mol. The van der Waals surface area contributed by atoms with Crippen molar-refractivity contribution in [3.05, 3.63) is 352 Å². The van der Waals surface area contributed by atoms with Crippen LogP contribution in [0.3, 0.4) is 0 Å². The van der Waals surface area contributed by atoms with Crippen molar-refractivity contribution >= 4 is 120 Å². The van der Waals surface area contributed by atoms with Gasteiger partial charge in [0.1, 0.15) is 0 Å². The molecule has 0 amide bonds. The number of hydrogen-bond donors (Lipinski definition) is 0. The van der Waals surface area contributed by atoms with Gasteiger partial charge in [0, 0.05) is 109 Å². The summed E-state index contributed by atoms with van der Waals surface area (Å²) in [6.45, 7) is 0. The van der Waals surface area contributed by atoms with Gasteiger partial charge < -0.3 is 17.9 Å². The van der Waals surface area contributed by atoms with Crippen LogP contribution in [0.4, 0.5) is 0 Å². The minimum Gasteiger partial charge on any atom is -0.309 e. The van der Waals surface area contributed by atoms with E-state index in [0.717, 1.165) is 66.9 Å². The first-order valence-electron chi connectivity index (χ1n) is 35.8. The monoisotopic (exact) mass is 1350 g/mol. The average molecular weight is 1350 g/mol. The van der Waals surface area contributed by atoms with E-state index in [-0.39, 0.29) is 0 Å². The quantitative estimate of drug-likeness (QED) is 0.143. The number of fused-ring (bicyclic) bond motifs is 20. The molecule has 106 heavy (non-hydrogen) atoms. The largest absolute Gasteiger partial charge is 0.309 e. The second-order valence-corrected chi connectivity index (χ2v) is 27.3. The summed E-state index contributed by atoms with van der Waals surface area (Å²) in [7, 11) is 0. The SMILES string of the molecule is c1ccc(-c2nc(-c3ccccc3)nc(-c3ccc4c5cc6c7ccccc7n7c8ccccc8c(c5n(-c5ccccc5)c4c3)c67)n2)cc1.c1ccc(-c2nc(-c3ccccc3)nc(-c3cccc(-c4cccc5c4c4cc6c7ccccc7n7c8ccccc8c(c4n5-c4ccccc4)c67)c3)n2)cc1. The number of nitrogens with zero attached hydrogens (tertiary/aromatic N) is 10. The van der Waals surface area contributed by atoms with Gasteiger partial charge in [-0.15, -0.1) is 0 Å². The molecule has 0 aliphatic carbocycles. The molecule has 0 saturated heterocycles. The summed E-state index contributed by atoms with van der Waals surface area (Å²) in [6, 6.07) is 124. The second-order valence-electron chi connectivity index (χ2n) is 27.3. The first-order valence-corrected chi connectivity index (χ1v) is 35.8. The Hall–Kier alpha value is -14.5. The Labute approximate surface area is 606 Å². The first-order chi connectivity index (χ1) is 52.6. The maximum absolute atomic E-state index is 5.07. The molecule has 0 fully saturated rings. The van der Waals surface area contributed by atoms with Crippen LogP contribution in [0.25, 0.3) is 211 Å². The molecule has 8 aromatic heterocycles. The minimum atomic E-state index is 0.637. The van der Waals surface area contributed by atoms with E-state index < -0.39 is 0 Å². The molecule has 0 aliphatic heterocycles. The molecule has 8 heterocycles. The highest BCUT2D eigenvalue weighted by molar-refractivity contribution is 6.36. The van der Waals surface area contributed by atoms with Crippen LogP contribution in [0.5, 0.6) is 0 Å². The molecule has 0 saturated carbocycles.